The maximum atomic E-state index is 11.6. The second-order valence-corrected chi connectivity index (χ2v) is 8.73. The monoisotopic (exact) mass is 376 g/mol. The van der Waals surface area contributed by atoms with Crippen LogP contribution in [-0.2, 0) is 0 Å². The van der Waals surface area contributed by atoms with E-state index in [0.717, 1.165) is 17.6 Å². The van der Waals surface area contributed by atoms with Crippen molar-refractivity contribution in [2.75, 3.05) is 13.1 Å². The van der Waals surface area contributed by atoms with Crippen molar-refractivity contribution in [1.29, 1.82) is 0 Å². The number of hydrogen-bond donors (Lipinski definition) is 1. The van der Waals surface area contributed by atoms with Gasteiger partial charge in [-0.1, -0.05) is 24.3 Å². The van der Waals surface area contributed by atoms with Crippen LogP contribution in [0.1, 0.15) is 55.5 Å². The van der Waals surface area contributed by atoms with Crippen LogP contribution in [0.25, 0.3) is 16.6 Å². The lowest BCUT2D eigenvalue weighted by Crippen LogP contribution is -2.46. The van der Waals surface area contributed by atoms with Gasteiger partial charge in [0.05, 0.1) is 11.3 Å². The van der Waals surface area contributed by atoms with Crippen LogP contribution in [-0.4, -0.2) is 39.2 Å². The molecule has 0 aliphatic carbocycles. The van der Waals surface area contributed by atoms with E-state index in [9.17, 15) is 4.79 Å². The molecular formula is C23H28N4O. The number of carbonyl (C=O) groups excluding carboxylic acids is 1. The van der Waals surface area contributed by atoms with Gasteiger partial charge in [-0.05, 0) is 69.8 Å². The first-order valence-electron chi connectivity index (χ1n) is 9.96. The van der Waals surface area contributed by atoms with Crippen LogP contribution in [0, 0.1) is 0 Å². The molecule has 1 amide bonds. The van der Waals surface area contributed by atoms with Crippen LogP contribution < -0.4 is 5.73 Å². The molecule has 2 heterocycles. The molecule has 1 saturated heterocycles. The zero-order valence-corrected chi connectivity index (χ0v) is 16.9. The molecule has 3 aromatic rings. The van der Waals surface area contributed by atoms with E-state index in [1.807, 2.05) is 23.0 Å². The van der Waals surface area contributed by atoms with Crippen molar-refractivity contribution in [2.24, 2.45) is 5.73 Å². The molecule has 5 heteroatoms. The Kier molecular flexibility index (Phi) is 4.71. The Hall–Kier alpha value is -2.66. The van der Waals surface area contributed by atoms with Crippen molar-refractivity contribution in [3.8, 4) is 5.69 Å². The number of likely N-dealkylation sites (tertiary alicyclic amines) is 1. The fourth-order valence-electron chi connectivity index (χ4n) is 4.13. The van der Waals surface area contributed by atoms with Crippen molar-refractivity contribution in [1.82, 2.24) is 14.7 Å². The van der Waals surface area contributed by atoms with Gasteiger partial charge in [0.2, 0.25) is 0 Å². The summed E-state index contributed by atoms with van der Waals surface area (Å²) in [4.78, 5) is 14.2. The quantitative estimate of drug-likeness (QED) is 0.748. The molecule has 1 aromatic heterocycles. The number of amides is 1. The Labute approximate surface area is 166 Å². The zero-order chi connectivity index (χ0) is 19.9. The van der Waals surface area contributed by atoms with Crippen LogP contribution in [0.3, 0.4) is 0 Å². The highest BCUT2D eigenvalue weighted by molar-refractivity contribution is 6.04. The number of nitrogens with two attached hydrogens (primary N) is 1. The third-order valence-electron chi connectivity index (χ3n) is 5.80. The minimum atomic E-state index is -0.452. The molecule has 0 saturated carbocycles. The van der Waals surface area contributed by atoms with E-state index in [-0.39, 0.29) is 5.54 Å². The van der Waals surface area contributed by atoms with E-state index in [0.29, 0.717) is 17.0 Å². The maximum absolute atomic E-state index is 11.6. The molecule has 0 radical (unpaired) electrons. The standard InChI is InChI=1S/C23H28N4O/c1-23(2,3)26-13-5-7-17(14-26)16-9-11-19(12-10-16)27-15-18-6-4-8-20(22(24)28)21(18)25-27/h4,6,8-12,15,17H,5,7,13-14H2,1-3H3,(H2,24,28)/t17-/m1/s1. The summed E-state index contributed by atoms with van der Waals surface area (Å²) in [5, 5.41) is 5.51. The summed E-state index contributed by atoms with van der Waals surface area (Å²) in [6, 6.07) is 14.2. The number of benzene rings is 2. The van der Waals surface area contributed by atoms with Gasteiger partial charge >= 0.3 is 0 Å². The molecule has 146 valence electrons. The first kappa shape index (κ1) is 18.7. The van der Waals surface area contributed by atoms with Crippen molar-refractivity contribution < 1.29 is 4.79 Å². The summed E-state index contributed by atoms with van der Waals surface area (Å²) >= 11 is 0. The molecule has 4 rings (SSSR count). The lowest BCUT2D eigenvalue weighted by Gasteiger charge is -2.41. The molecule has 1 fully saturated rings. The van der Waals surface area contributed by atoms with Gasteiger partial charge in [-0.2, -0.15) is 5.10 Å². The molecule has 5 nitrogen and oxygen atoms in total. The predicted molar refractivity (Wildman–Crippen MR) is 113 cm³/mol. The number of hydrogen-bond acceptors (Lipinski definition) is 3. The fraction of sp³-hybridized carbons (Fsp3) is 0.391. The number of fused-ring (bicyclic) bond motifs is 1. The Morgan fingerprint density at radius 2 is 1.89 bits per heavy atom. The second kappa shape index (κ2) is 7.06. The number of carbonyl (C=O) groups is 1. The largest absolute Gasteiger partial charge is 0.366 e. The van der Waals surface area contributed by atoms with Crippen LogP contribution in [0.5, 0.6) is 0 Å². The van der Waals surface area contributed by atoms with Gasteiger partial charge in [0.25, 0.3) is 5.91 Å². The minimum absolute atomic E-state index is 0.214. The molecule has 1 aliphatic heterocycles. The van der Waals surface area contributed by atoms with E-state index in [1.165, 1.54) is 24.9 Å². The third kappa shape index (κ3) is 3.54. The van der Waals surface area contributed by atoms with Gasteiger partial charge in [-0.15, -0.1) is 0 Å². The third-order valence-corrected chi connectivity index (χ3v) is 5.80. The number of rotatable bonds is 3. The average Bonchev–Trinajstić information content (AvgIpc) is 3.11. The van der Waals surface area contributed by atoms with Crippen LogP contribution >= 0.6 is 0 Å². The van der Waals surface area contributed by atoms with Crippen molar-refractivity contribution in [2.45, 2.75) is 45.1 Å². The number of nitrogens with zero attached hydrogens (tertiary/aromatic N) is 3. The topological polar surface area (TPSA) is 64.2 Å². The summed E-state index contributed by atoms with van der Waals surface area (Å²) < 4.78 is 1.82. The Morgan fingerprint density at radius 3 is 2.57 bits per heavy atom. The van der Waals surface area contributed by atoms with E-state index in [1.54, 1.807) is 6.07 Å². The Morgan fingerprint density at radius 1 is 1.14 bits per heavy atom. The van der Waals surface area contributed by atoms with Crippen LogP contribution in [0.2, 0.25) is 0 Å². The van der Waals surface area contributed by atoms with E-state index in [2.05, 4.69) is 55.0 Å². The molecule has 2 N–H and O–H groups in total. The van der Waals surface area contributed by atoms with Gasteiger partial charge in [-0.25, -0.2) is 4.68 Å². The molecule has 0 bridgehead atoms. The SMILES string of the molecule is CC(C)(C)N1CCC[C@@H](c2ccc(-n3cc4cccc(C(N)=O)c4n3)cc2)C1. The van der Waals surface area contributed by atoms with Gasteiger partial charge in [-0.3, -0.25) is 9.69 Å². The van der Waals surface area contributed by atoms with E-state index in [4.69, 9.17) is 5.73 Å². The van der Waals surface area contributed by atoms with Crippen molar-refractivity contribution in [3.63, 3.8) is 0 Å². The summed E-state index contributed by atoms with van der Waals surface area (Å²) in [6.07, 6.45) is 4.42. The number of aromatic nitrogens is 2. The molecule has 1 aliphatic rings. The first-order valence-corrected chi connectivity index (χ1v) is 9.96. The lowest BCUT2D eigenvalue weighted by molar-refractivity contribution is 0.0986. The highest BCUT2D eigenvalue weighted by atomic mass is 16.1. The van der Waals surface area contributed by atoms with Crippen molar-refractivity contribution >= 4 is 16.8 Å². The van der Waals surface area contributed by atoms with E-state index < -0.39 is 5.91 Å². The Balaban J connectivity index is 1.59. The summed E-state index contributed by atoms with van der Waals surface area (Å²) in [7, 11) is 0. The maximum Gasteiger partial charge on any atom is 0.250 e. The fourth-order valence-corrected chi connectivity index (χ4v) is 4.13. The average molecular weight is 377 g/mol. The molecule has 0 spiro atoms. The van der Waals surface area contributed by atoms with Gasteiger partial charge in [0.1, 0.15) is 5.52 Å². The smallest absolute Gasteiger partial charge is 0.250 e. The van der Waals surface area contributed by atoms with Crippen LogP contribution in [0.15, 0.2) is 48.7 Å². The molecule has 0 unspecified atom stereocenters. The summed E-state index contributed by atoms with van der Waals surface area (Å²) in [5.74, 6) is 0.118. The van der Waals surface area contributed by atoms with Gasteiger partial charge in [0.15, 0.2) is 0 Å². The van der Waals surface area contributed by atoms with Crippen molar-refractivity contribution in [3.05, 3.63) is 59.8 Å². The molecule has 2 aromatic carbocycles. The zero-order valence-electron chi connectivity index (χ0n) is 16.9. The second-order valence-electron chi connectivity index (χ2n) is 8.73. The highest BCUT2D eigenvalue weighted by Crippen LogP contribution is 2.31. The predicted octanol–water partition coefficient (Wildman–Crippen LogP) is 4.10. The lowest BCUT2D eigenvalue weighted by atomic mass is 9.88. The molecular weight excluding hydrogens is 348 g/mol. The summed E-state index contributed by atoms with van der Waals surface area (Å²) in [5.41, 5.74) is 9.16. The molecule has 28 heavy (non-hydrogen) atoms. The van der Waals surface area contributed by atoms with E-state index >= 15 is 0 Å². The van der Waals surface area contributed by atoms with Gasteiger partial charge < -0.3 is 5.73 Å². The van der Waals surface area contributed by atoms with Crippen LogP contribution in [0.4, 0.5) is 0 Å². The number of primary amides is 1. The highest BCUT2D eigenvalue weighted by Gasteiger charge is 2.28. The first-order chi connectivity index (χ1) is 13.3. The number of piperidine rings is 1. The normalized spacial score (nSPS) is 18.5. The Bertz CT molecular complexity index is 998. The summed E-state index contributed by atoms with van der Waals surface area (Å²) in [6.45, 7) is 9.17. The van der Waals surface area contributed by atoms with Gasteiger partial charge in [0, 0.05) is 23.7 Å². The molecule has 1 atom stereocenters. The minimum Gasteiger partial charge on any atom is -0.366 e.